The lowest BCUT2D eigenvalue weighted by molar-refractivity contribution is 0.0711. The predicted octanol–water partition coefficient (Wildman–Crippen LogP) is 2.21. The molecule has 1 fully saturated rings. The van der Waals surface area contributed by atoms with Crippen LogP contribution in [-0.4, -0.2) is 56.8 Å². The number of benzene rings is 1. The number of hydrogen-bond donors (Lipinski definition) is 3. The molecule has 4 rings (SSSR count). The Labute approximate surface area is 155 Å². The number of nitrogens with one attached hydrogen (secondary N) is 2. The van der Waals surface area contributed by atoms with Crippen molar-refractivity contribution in [2.24, 2.45) is 0 Å². The van der Waals surface area contributed by atoms with Crippen LogP contribution < -0.4 is 5.32 Å². The highest BCUT2D eigenvalue weighted by Gasteiger charge is 2.26. The fourth-order valence-corrected chi connectivity index (χ4v) is 3.49. The van der Waals surface area contributed by atoms with E-state index in [0.717, 1.165) is 12.6 Å². The molecule has 1 saturated heterocycles. The maximum atomic E-state index is 14.4. The van der Waals surface area contributed by atoms with Gasteiger partial charge in [-0.05, 0) is 32.0 Å². The number of aryl methyl sites for hydroxylation is 1. The Morgan fingerprint density at radius 2 is 2.19 bits per heavy atom. The number of phenols is 1. The Bertz CT molecular complexity index is 1030. The molecule has 3 heterocycles. The number of aromatic amines is 1. The number of piperazine rings is 1. The van der Waals surface area contributed by atoms with E-state index in [0.29, 0.717) is 41.1 Å². The Kier molecular flexibility index (Phi) is 4.27. The molecule has 0 saturated carbocycles. The van der Waals surface area contributed by atoms with E-state index >= 15 is 0 Å². The van der Waals surface area contributed by atoms with Gasteiger partial charge in [-0.15, -0.1) is 0 Å². The minimum atomic E-state index is -0.604. The molecule has 0 bridgehead atoms. The normalized spacial score (nSPS) is 17.4. The van der Waals surface area contributed by atoms with Gasteiger partial charge < -0.3 is 15.3 Å². The van der Waals surface area contributed by atoms with Gasteiger partial charge >= 0.3 is 0 Å². The molecule has 1 atom stereocenters. The van der Waals surface area contributed by atoms with Gasteiger partial charge in [0.15, 0.2) is 5.65 Å². The first kappa shape index (κ1) is 17.4. The van der Waals surface area contributed by atoms with Crippen molar-refractivity contribution in [1.29, 1.82) is 0 Å². The summed E-state index contributed by atoms with van der Waals surface area (Å²) >= 11 is 0. The average molecular weight is 369 g/mol. The fraction of sp³-hybridized carbons (Fsp3) is 0.316. The lowest BCUT2D eigenvalue weighted by atomic mass is 10.0. The summed E-state index contributed by atoms with van der Waals surface area (Å²) in [5, 5.41) is 20.4. The molecule has 0 spiro atoms. The second-order valence-electron chi connectivity index (χ2n) is 6.86. The summed E-state index contributed by atoms with van der Waals surface area (Å²) in [7, 11) is 0. The van der Waals surface area contributed by atoms with E-state index in [1.54, 1.807) is 17.9 Å². The van der Waals surface area contributed by atoms with E-state index in [1.165, 1.54) is 12.1 Å². The van der Waals surface area contributed by atoms with Gasteiger partial charge in [0.2, 0.25) is 0 Å². The molecule has 27 heavy (non-hydrogen) atoms. The minimum Gasteiger partial charge on any atom is -0.508 e. The Morgan fingerprint density at radius 1 is 1.37 bits per heavy atom. The van der Waals surface area contributed by atoms with Crippen LogP contribution in [0.25, 0.3) is 22.3 Å². The van der Waals surface area contributed by atoms with E-state index in [4.69, 9.17) is 0 Å². The van der Waals surface area contributed by atoms with Crippen molar-refractivity contribution in [3.8, 4) is 17.0 Å². The third-order valence-electron chi connectivity index (χ3n) is 4.83. The molecule has 1 aliphatic heterocycles. The molecular formula is C19H20FN5O2. The van der Waals surface area contributed by atoms with Crippen molar-refractivity contribution < 1.29 is 14.3 Å². The second-order valence-corrected chi connectivity index (χ2v) is 6.86. The van der Waals surface area contributed by atoms with E-state index in [1.807, 2.05) is 6.92 Å². The molecule has 3 N–H and O–H groups in total. The van der Waals surface area contributed by atoms with Gasteiger partial charge in [0.25, 0.3) is 5.91 Å². The van der Waals surface area contributed by atoms with Crippen molar-refractivity contribution in [2.75, 3.05) is 19.6 Å². The number of hydrogen-bond acceptors (Lipinski definition) is 5. The molecule has 3 aromatic rings. The molecule has 1 amide bonds. The Hall–Kier alpha value is -3.00. The predicted molar refractivity (Wildman–Crippen MR) is 99.1 cm³/mol. The van der Waals surface area contributed by atoms with Gasteiger partial charge in [-0.25, -0.2) is 9.37 Å². The molecule has 0 aliphatic carbocycles. The molecular weight excluding hydrogens is 349 g/mol. The first-order valence-corrected chi connectivity index (χ1v) is 8.81. The van der Waals surface area contributed by atoms with Gasteiger partial charge in [-0.2, -0.15) is 5.10 Å². The second kappa shape index (κ2) is 6.62. The smallest absolute Gasteiger partial charge is 0.254 e. The lowest BCUT2D eigenvalue weighted by Gasteiger charge is -2.32. The molecule has 1 aromatic carbocycles. The largest absolute Gasteiger partial charge is 0.508 e. The molecule has 0 unspecified atom stereocenters. The molecule has 2 aromatic heterocycles. The Balaban J connectivity index is 1.85. The zero-order chi connectivity index (χ0) is 19.1. The third kappa shape index (κ3) is 3.12. The molecule has 1 aliphatic rings. The SMILES string of the molecule is Cc1n[nH]c2nc(-c3ccc(O)cc3F)cc(C(=O)N3CCN[C@@H](C)C3)c12. The van der Waals surface area contributed by atoms with Crippen LogP contribution >= 0.6 is 0 Å². The summed E-state index contributed by atoms with van der Waals surface area (Å²) in [6, 6.07) is 5.68. The van der Waals surface area contributed by atoms with Crippen LogP contribution in [0.3, 0.4) is 0 Å². The highest BCUT2D eigenvalue weighted by atomic mass is 19.1. The number of carbonyl (C=O) groups excluding carboxylic acids is 1. The highest BCUT2D eigenvalue weighted by molar-refractivity contribution is 6.07. The number of halogens is 1. The zero-order valence-electron chi connectivity index (χ0n) is 15.1. The van der Waals surface area contributed by atoms with Crippen LogP contribution in [0.4, 0.5) is 4.39 Å². The van der Waals surface area contributed by atoms with E-state index < -0.39 is 5.82 Å². The standard InChI is InChI=1S/C19H20FN5O2/c1-10-9-25(6-5-21-10)19(27)14-8-16(13-4-3-12(26)7-15(13)20)22-18-17(14)11(2)23-24-18/h3-4,7-8,10,21,26H,5-6,9H2,1-2H3,(H,22,23,24)/t10-/m0/s1. The maximum absolute atomic E-state index is 14.4. The van der Waals surface area contributed by atoms with Crippen molar-refractivity contribution >= 4 is 16.9 Å². The van der Waals surface area contributed by atoms with Gasteiger partial charge in [0, 0.05) is 37.3 Å². The summed E-state index contributed by atoms with van der Waals surface area (Å²) in [6.45, 7) is 5.76. The van der Waals surface area contributed by atoms with Crippen molar-refractivity contribution in [2.45, 2.75) is 19.9 Å². The minimum absolute atomic E-state index is 0.124. The molecule has 140 valence electrons. The van der Waals surface area contributed by atoms with Crippen molar-refractivity contribution in [3.05, 3.63) is 41.3 Å². The van der Waals surface area contributed by atoms with Crippen molar-refractivity contribution in [3.63, 3.8) is 0 Å². The van der Waals surface area contributed by atoms with Crippen LogP contribution in [0.15, 0.2) is 24.3 Å². The summed E-state index contributed by atoms with van der Waals surface area (Å²) in [4.78, 5) is 19.5. The molecule has 8 heteroatoms. The van der Waals surface area contributed by atoms with Gasteiger partial charge in [0.05, 0.1) is 22.3 Å². The molecule has 7 nitrogen and oxygen atoms in total. The molecule has 0 radical (unpaired) electrons. The summed E-state index contributed by atoms with van der Waals surface area (Å²) in [5.41, 5.74) is 2.08. The fourth-order valence-electron chi connectivity index (χ4n) is 3.49. The van der Waals surface area contributed by atoms with Gasteiger partial charge in [0.1, 0.15) is 11.6 Å². The number of phenolic OH excluding ortho intramolecular Hbond substituents is 1. The number of H-pyrrole nitrogens is 1. The summed E-state index contributed by atoms with van der Waals surface area (Å²) in [5.74, 6) is -0.895. The number of aromatic nitrogens is 3. The summed E-state index contributed by atoms with van der Waals surface area (Å²) in [6.07, 6.45) is 0. The van der Waals surface area contributed by atoms with Gasteiger partial charge in [-0.1, -0.05) is 0 Å². The Morgan fingerprint density at radius 3 is 2.93 bits per heavy atom. The third-order valence-corrected chi connectivity index (χ3v) is 4.83. The quantitative estimate of drug-likeness (QED) is 0.644. The van der Waals surface area contributed by atoms with E-state index in [2.05, 4.69) is 20.5 Å². The number of aromatic hydroxyl groups is 1. The first-order chi connectivity index (χ1) is 12.9. The van der Waals surface area contributed by atoms with Crippen LogP contribution in [0.1, 0.15) is 23.0 Å². The van der Waals surface area contributed by atoms with Crippen LogP contribution in [-0.2, 0) is 0 Å². The van der Waals surface area contributed by atoms with Crippen LogP contribution in [0, 0.1) is 12.7 Å². The maximum Gasteiger partial charge on any atom is 0.254 e. The summed E-state index contributed by atoms with van der Waals surface area (Å²) < 4.78 is 14.4. The zero-order valence-corrected chi connectivity index (χ0v) is 15.1. The number of nitrogens with zero attached hydrogens (tertiary/aromatic N) is 3. The number of carbonyl (C=O) groups is 1. The lowest BCUT2D eigenvalue weighted by Crippen LogP contribution is -2.51. The van der Waals surface area contributed by atoms with Crippen LogP contribution in [0.2, 0.25) is 0 Å². The number of pyridine rings is 1. The van der Waals surface area contributed by atoms with Gasteiger partial charge in [-0.3, -0.25) is 9.89 Å². The monoisotopic (exact) mass is 369 g/mol. The number of fused-ring (bicyclic) bond motifs is 1. The number of rotatable bonds is 2. The van der Waals surface area contributed by atoms with E-state index in [9.17, 15) is 14.3 Å². The number of amides is 1. The topological polar surface area (TPSA) is 94.1 Å². The van der Waals surface area contributed by atoms with Crippen molar-refractivity contribution in [1.82, 2.24) is 25.4 Å². The highest BCUT2D eigenvalue weighted by Crippen LogP contribution is 2.29. The van der Waals surface area contributed by atoms with Crippen LogP contribution in [0.5, 0.6) is 5.75 Å². The average Bonchev–Trinajstić information content (AvgIpc) is 3.01. The van der Waals surface area contributed by atoms with E-state index in [-0.39, 0.29) is 23.3 Å². The first-order valence-electron chi connectivity index (χ1n) is 8.81.